The first-order valence-corrected chi connectivity index (χ1v) is 8.27. The summed E-state index contributed by atoms with van der Waals surface area (Å²) in [5, 5.41) is 19.6. The maximum atomic E-state index is 11.7. The van der Waals surface area contributed by atoms with Crippen molar-refractivity contribution in [2.45, 2.75) is 13.5 Å². The van der Waals surface area contributed by atoms with Gasteiger partial charge in [-0.25, -0.2) is 0 Å². The minimum absolute atomic E-state index is 0.0221. The van der Waals surface area contributed by atoms with Gasteiger partial charge in [0.1, 0.15) is 16.9 Å². The van der Waals surface area contributed by atoms with Crippen LogP contribution in [-0.4, -0.2) is 44.2 Å². The van der Waals surface area contributed by atoms with E-state index in [0.717, 1.165) is 18.9 Å². The van der Waals surface area contributed by atoms with Gasteiger partial charge in [-0.2, -0.15) is 0 Å². The molecular weight excluding hydrogens is 375 g/mol. The van der Waals surface area contributed by atoms with Crippen LogP contribution in [-0.2, 0) is 20.7 Å². The number of pyridine rings is 1. The van der Waals surface area contributed by atoms with E-state index in [2.05, 4.69) is 10.3 Å². The number of thiocarbonyl (C=S) groups is 1. The molecule has 1 aromatic heterocycles. The molecule has 8 nitrogen and oxygen atoms in total. The number of nitrogens with zero attached hydrogens (tertiary/aromatic N) is 1. The topological polar surface area (TPSA) is 129 Å². The third-order valence-corrected chi connectivity index (χ3v) is 4.00. The number of aromatic hydroxyl groups is 1. The number of carbonyl (C=O) groups excluding carboxylic acids is 2. The number of hydrogen-bond acceptors (Lipinski definition) is 9. The highest BCUT2D eigenvalue weighted by atomic mass is 32.2. The minimum Gasteiger partial charge on any atom is -0.505 e. The Bertz CT molecular complexity index is 627. The van der Waals surface area contributed by atoms with Crippen molar-refractivity contribution in [1.29, 1.82) is 0 Å². The second-order valence-electron chi connectivity index (χ2n) is 3.86. The van der Waals surface area contributed by atoms with Gasteiger partial charge in [-0.15, -0.1) is 0 Å². The van der Waals surface area contributed by atoms with Gasteiger partial charge in [-0.1, -0.05) is 24.0 Å². The second kappa shape index (κ2) is 12.0. The molecule has 2 rings (SSSR count). The third-order valence-electron chi connectivity index (χ3n) is 2.57. The standard InChI is InChI=1S/C11H11N2O4PS2.CH4O.CH2O/c1-5-9(14)7(6(3-12-5)4-17-18-16)2-8-10(15)13-11(19)20-8;2*1-2/h2-3,14,16,18H,4H2,1H3,(H,13,15,19);2H,1H3;1H2/b8-2-;;. The summed E-state index contributed by atoms with van der Waals surface area (Å²) in [6, 6.07) is 0. The van der Waals surface area contributed by atoms with Crippen molar-refractivity contribution in [1.82, 2.24) is 10.3 Å². The first-order valence-electron chi connectivity index (χ1n) is 6.19. The van der Waals surface area contributed by atoms with E-state index in [0.29, 0.717) is 26.0 Å². The molecule has 0 aliphatic carbocycles. The lowest BCUT2D eigenvalue weighted by Gasteiger charge is -2.09. The first-order chi connectivity index (χ1) is 11.5. The first kappa shape index (κ1) is 22.6. The Labute approximate surface area is 150 Å². The van der Waals surface area contributed by atoms with Crippen molar-refractivity contribution in [2.24, 2.45) is 0 Å². The molecule has 0 saturated carbocycles. The maximum Gasteiger partial charge on any atom is 0.263 e. The van der Waals surface area contributed by atoms with E-state index < -0.39 is 9.03 Å². The van der Waals surface area contributed by atoms with Crippen LogP contribution < -0.4 is 5.32 Å². The van der Waals surface area contributed by atoms with Crippen LogP contribution in [0.25, 0.3) is 6.08 Å². The number of aryl methyl sites for hydroxylation is 1. The van der Waals surface area contributed by atoms with E-state index in [1.165, 1.54) is 6.20 Å². The Morgan fingerprint density at radius 3 is 2.62 bits per heavy atom. The summed E-state index contributed by atoms with van der Waals surface area (Å²) in [7, 11) is 0.338. The molecule has 1 saturated heterocycles. The van der Waals surface area contributed by atoms with E-state index >= 15 is 0 Å². The van der Waals surface area contributed by atoms with Crippen LogP contribution in [0, 0.1) is 6.92 Å². The minimum atomic E-state index is -0.662. The fourth-order valence-electron chi connectivity index (χ4n) is 1.59. The number of thioether (sulfide) groups is 1. The number of amides is 1. The molecule has 0 radical (unpaired) electrons. The van der Waals surface area contributed by atoms with Gasteiger partial charge in [0.2, 0.25) is 0 Å². The van der Waals surface area contributed by atoms with Gasteiger partial charge in [0.15, 0.2) is 9.03 Å². The van der Waals surface area contributed by atoms with Crippen LogP contribution in [0.3, 0.4) is 0 Å². The maximum absolute atomic E-state index is 11.7. The second-order valence-corrected chi connectivity index (χ2v) is 6.05. The molecular formula is C13H17N2O6PS2. The van der Waals surface area contributed by atoms with E-state index in [1.807, 2.05) is 6.79 Å². The third kappa shape index (κ3) is 6.23. The Balaban J connectivity index is 0.00000123. The molecule has 11 heteroatoms. The molecule has 0 spiro atoms. The van der Waals surface area contributed by atoms with Crippen LogP contribution >= 0.6 is 33.0 Å². The van der Waals surface area contributed by atoms with E-state index in [-0.39, 0.29) is 18.3 Å². The fourth-order valence-corrected chi connectivity index (χ4v) is 2.84. The van der Waals surface area contributed by atoms with Gasteiger partial charge in [-0.3, -0.25) is 9.78 Å². The van der Waals surface area contributed by atoms with Crippen LogP contribution in [0.15, 0.2) is 11.1 Å². The molecule has 1 aromatic rings. The normalized spacial score (nSPS) is 14.9. The molecule has 1 fully saturated rings. The van der Waals surface area contributed by atoms with E-state index in [9.17, 15) is 9.90 Å². The summed E-state index contributed by atoms with van der Waals surface area (Å²) in [5.74, 6) is -0.323. The molecule has 0 bridgehead atoms. The van der Waals surface area contributed by atoms with Gasteiger partial charge in [-0.05, 0) is 13.0 Å². The highest BCUT2D eigenvalue weighted by molar-refractivity contribution is 8.26. The number of aliphatic hydroxyl groups excluding tert-OH is 1. The smallest absolute Gasteiger partial charge is 0.263 e. The summed E-state index contributed by atoms with van der Waals surface area (Å²) in [4.78, 5) is 32.8. The van der Waals surface area contributed by atoms with Gasteiger partial charge in [0, 0.05) is 24.4 Å². The van der Waals surface area contributed by atoms with Crippen LogP contribution in [0.1, 0.15) is 16.8 Å². The van der Waals surface area contributed by atoms with Gasteiger partial charge in [0.25, 0.3) is 5.91 Å². The van der Waals surface area contributed by atoms with Crippen molar-refractivity contribution in [2.75, 3.05) is 7.11 Å². The zero-order valence-electron chi connectivity index (χ0n) is 12.9. The lowest BCUT2D eigenvalue weighted by molar-refractivity contribution is -0.115. The van der Waals surface area contributed by atoms with Crippen LogP contribution in [0.2, 0.25) is 0 Å². The van der Waals surface area contributed by atoms with Crippen molar-refractivity contribution in [3.05, 3.63) is 27.9 Å². The Morgan fingerprint density at radius 2 is 2.12 bits per heavy atom. The number of aliphatic hydroxyl groups is 1. The lowest BCUT2D eigenvalue weighted by Crippen LogP contribution is -2.17. The molecule has 2 heterocycles. The van der Waals surface area contributed by atoms with Crippen molar-refractivity contribution in [3.8, 4) is 5.75 Å². The zero-order valence-corrected chi connectivity index (χ0v) is 15.5. The van der Waals surface area contributed by atoms with Crippen LogP contribution in [0.5, 0.6) is 5.75 Å². The molecule has 1 aliphatic rings. The molecule has 1 amide bonds. The van der Waals surface area contributed by atoms with Gasteiger partial charge in [0.05, 0.1) is 17.2 Å². The summed E-state index contributed by atoms with van der Waals surface area (Å²) < 4.78 is 5.31. The molecule has 1 atom stereocenters. The summed E-state index contributed by atoms with van der Waals surface area (Å²) >= 11 is 6.04. The number of carbonyl (C=O) groups is 2. The Kier molecular flexibility index (Phi) is 11.3. The highest BCUT2D eigenvalue weighted by Gasteiger charge is 2.23. The van der Waals surface area contributed by atoms with Crippen molar-refractivity contribution in [3.63, 3.8) is 0 Å². The summed E-state index contributed by atoms with van der Waals surface area (Å²) in [5.41, 5.74) is 1.46. The predicted molar refractivity (Wildman–Crippen MR) is 97.5 cm³/mol. The van der Waals surface area contributed by atoms with Gasteiger partial charge < -0.3 is 29.7 Å². The molecule has 4 N–H and O–H groups in total. The number of aromatic nitrogens is 1. The Hall–Kier alpha value is -1.42. The van der Waals surface area contributed by atoms with E-state index in [1.54, 1.807) is 13.0 Å². The number of hydrogen-bond donors (Lipinski definition) is 4. The van der Waals surface area contributed by atoms with Gasteiger partial charge >= 0.3 is 0 Å². The number of rotatable bonds is 4. The molecule has 132 valence electrons. The largest absolute Gasteiger partial charge is 0.505 e. The van der Waals surface area contributed by atoms with Crippen molar-refractivity contribution >= 4 is 56.1 Å². The molecule has 1 unspecified atom stereocenters. The SMILES string of the molecule is C=O.CO.Cc1ncc(COPO)c(/C=C2\SC(=S)NC2=O)c1O. The Morgan fingerprint density at radius 1 is 1.50 bits per heavy atom. The van der Waals surface area contributed by atoms with E-state index in [4.69, 9.17) is 31.5 Å². The highest BCUT2D eigenvalue weighted by Crippen LogP contribution is 2.32. The molecule has 24 heavy (non-hydrogen) atoms. The average molecular weight is 392 g/mol. The average Bonchev–Trinajstić information content (AvgIpc) is 2.92. The monoisotopic (exact) mass is 392 g/mol. The molecule has 0 aromatic carbocycles. The fraction of sp³-hybridized carbons (Fsp3) is 0.231. The van der Waals surface area contributed by atoms with Crippen LogP contribution in [0.4, 0.5) is 0 Å². The molecule has 1 aliphatic heterocycles. The summed E-state index contributed by atoms with van der Waals surface area (Å²) in [6.07, 6.45) is 3.08. The summed E-state index contributed by atoms with van der Waals surface area (Å²) in [6.45, 7) is 3.74. The predicted octanol–water partition coefficient (Wildman–Crippen LogP) is 1.03. The van der Waals surface area contributed by atoms with Crippen molar-refractivity contribution < 1.29 is 29.2 Å². The zero-order chi connectivity index (χ0) is 18.7. The quantitative estimate of drug-likeness (QED) is 0.337. The lowest BCUT2D eigenvalue weighted by atomic mass is 10.1. The number of nitrogens with one attached hydrogen (secondary N) is 1.